The van der Waals surface area contributed by atoms with Crippen LogP contribution in [0.4, 0.5) is 0 Å². The molecular weight excluding hydrogens is 316 g/mol. The molecule has 1 aromatic carbocycles. The van der Waals surface area contributed by atoms with Gasteiger partial charge in [0.2, 0.25) is 0 Å². The van der Waals surface area contributed by atoms with Crippen LogP contribution in [0.15, 0.2) is 24.3 Å². The minimum Gasteiger partial charge on any atom is -0.484 e. The first-order valence-electron chi connectivity index (χ1n) is 7.63. The molecule has 1 aliphatic carbocycles. The minimum absolute atomic E-state index is 0.0547. The number of benzene rings is 1. The summed E-state index contributed by atoms with van der Waals surface area (Å²) >= 11 is 0. The molecule has 1 saturated carbocycles. The Morgan fingerprint density at radius 2 is 2.09 bits per heavy atom. The Bertz CT molecular complexity index is 750. The van der Waals surface area contributed by atoms with Gasteiger partial charge in [-0.2, -0.15) is 5.26 Å². The van der Waals surface area contributed by atoms with Gasteiger partial charge in [0.25, 0.3) is 5.91 Å². The first kappa shape index (κ1) is 15.8. The normalized spacial score (nSPS) is 22.3. The Morgan fingerprint density at radius 3 is 2.70 bits per heavy atom. The molecule has 1 heterocycles. The number of ether oxygens (including phenoxy) is 1. The average Bonchev–Trinajstić information content (AvgIpc) is 3.29. The second kappa shape index (κ2) is 6.20. The smallest absolute Gasteiger partial charge is 0.261 e. The van der Waals surface area contributed by atoms with Gasteiger partial charge in [-0.25, -0.2) is 8.42 Å². The van der Waals surface area contributed by atoms with E-state index in [4.69, 9.17) is 10.00 Å². The summed E-state index contributed by atoms with van der Waals surface area (Å²) in [5, 5.41) is 8.86. The lowest BCUT2D eigenvalue weighted by Crippen LogP contribution is -2.45. The number of amides is 1. The number of carbonyl (C=O) groups is 1. The number of rotatable bonds is 5. The van der Waals surface area contributed by atoms with Gasteiger partial charge in [0.05, 0.1) is 23.1 Å². The van der Waals surface area contributed by atoms with Crippen molar-refractivity contribution in [2.75, 3.05) is 18.1 Å². The molecule has 1 amide bonds. The summed E-state index contributed by atoms with van der Waals surface area (Å²) in [6, 6.07) is 8.56. The number of hydrogen-bond acceptors (Lipinski definition) is 5. The molecule has 1 saturated heterocycles. The number of sulfone groups is 1. The van der Waals surface area contributed by atoms with Crippen LogP contribution in [0.3, 0.4) is 0 Å². The van der Waals surface area contributed by atoms with E-state index in [1.54, 1.807) is 29.2 Å². The maximum absolute atomic E-state index is 12.5. The predicted octanol–water partition coefficient (Wildman–Crippen LogP) is 1.12. The van der Waals surface area contributed by atoms with E-state index in [0.29, 0.717) is 17.7 Å². The van der Waals surface area contributed by atoms with Gasteiger partial charge in [-0.05, 0) is 37.5 Å². The van der Waals surface area contributed by atoms with E-state index in [1.807, 2.05) is 6.07 Å². The first-order chi connectivity index (χ1) is 11.0. The van der Waals surface area contributed by atoms with Crippen molar-refractivity contribution in [2.24, 2.45) is 0 Å². The van der Waals surface area contributed by atoms with Gasteiger partial charge in [-0.3, -0.25) is 4.79 Å². The number of hydrogen-bond donors (Lipinski definition) is 0. The molecule has 3 rings (SSSR count). The molecule has 23 heavy (non-hydrogen) atoms. The quantitative estimate of drug-likeness (QED) is 0.805. The second-order valence-electron chi connectivity index (χ2n) is 6.02. The fraction of sp³-hybridized carbons (Fsp3) is 0.500. The van der Waals surface area contributed by atoms with E-state index >= 15 is 0 Å². The summed E-state index contributed by atoms with van der Waals surface area (Å²) in [6.45, 7) is -0.137. The van der Waals surface area contributed by atoms with Crippen LogP contribution >= 0.6 is 0 Å². The number of nitrogens with zero attached hydrogens (tertiary/aromatic N) is 2. The van der Waals surface area contributed by atoms with Gasteiger partial charge in [0, 0.05) is 12.1 Å². The summed E-state index contributed by atoms with van der Waals surface area (Å²) in [7, 11) is -3.03. The number of carbonyl (C=O) groups excluding carboxylic acids is 1. The standard InChI is InChI=1S/C16H18N2O4S/c17-9-12-2-1-3-15(8-12)22-10-16(19)18(13-4-5-13)14-6-7-23(20,21)11-14/h1-3,8,13-14H,4-7,10-11H2/t14-/m1/s1. The molecule has 0 bridgehead atoms. The van der Waals surface area contributed by atoms with Crippen molar-refractivity contribution in [1.82, 2.24) is 4.90 Å². The summed E-state index contributed by atoms with van der Waals surface area (Å²) in [5.41, 5.74) is 0.468. The van der Waals surface area contributed by atoms with Crippen LogP contribution in [0.25, 0.3) is 0 Å². The maximum atomic E-state index is 12.5. The van der Waals surface area contributed by atoms with Crippen LogP contribution in [-0.2, 0) is 14.6 Å². The van der Waals surface area contributed by atoms with Crippen molar-refractivity contribution in [2.45, 2.75) is 31.3 Å². The van der Waals surface area contributed by atoms with Crippen LogP contribution in [0.1, 0.15) is 24.8 Å². The summed E-state index contributed by atoms with van der Waals surface area (Å²) in [6.07, 6.45) is 2.35. The lowest BCUT2D eigenvalue weighted by Gasteiger charge is -2.28. The van der Waals surface area contributed by atoms with Gasteiger partial charge >= 0.3 is 0 Å². The highest BCUT2D eigenvalue weighted by molar-refractivity contribution is 7.91. The zero-order chi connectivity index (χ0) is 16.4. The van der Waals surface area contributed by atoms with Crippen LogP contribution in [0.2, 0.25) is 0 Å². The predicted molar refractivity (Wildman–Crippen MR) is 83.6 cm³/mol. The Morgan fingerprint density at radius 1 is 1.30 bits per heavy atom. The van der Waals surface area contributed by atoms with E-state index < -0.39 is 9.84 Å². The SMILES string of the molecule is N#Cc1cccc(OCC(=O)N(C2CC2)[C@@H]2CCS(=O)(=O)C2)c1. The second-order valence-corrected chi connectivity index (χ2v) is 8.25. The van der Waals surface area contributed by atoms with E-state index in [-0.39, 0.29) is 36.1 Å². The zero-order valence-corrected chi connectivity index (χ0v) is 13.5. The van der Waals surface area contributed by atoms with Gasteiger partial charge in [0.15, 0.2) is 16.4 Å². The van der Waals surface area contributed by atoms with E-state index in [0.717, 1.165) is 12.8 Å². The molecule has 122 valence electrons. The van der Waals surface area contributed by atoms with Crippen molar-refractivity contribution >= 4 is 15.7 Å². The van der Waals surface area contributed by atoms with Crippen LogP contribution in [-0.4, -0.2) is 49.4 Å². The van der Waals surface area contributed by atoms with Crippen molar-refractivity contribution in [3.63, 3.8) is 0 Å². The molecule has 1 aromatic rings. The van der Waals surface area contributed by atoms with Gasteiger partial charge in [-0.15, -0.1) is 0 Å². The molecule has 0 unspecified atom stereocenters. The maximum Gasteiger partial charge on any atom is 0.261 e. The fourth-order valence-electron chi connectivity index (χ4n) is 2.93. The van der Waals surface area contributed by atoms with Gasteiger partial charge in [0.1, 0.15) is 5.75 Å². The Balaban J connectivity index is 1.64. The molecule has 0 spiro atoms. The monoisotopic (exact) mass is 334 g/mol. The molecule has 0 radical (unpaired) electrons. The minimum atomic E-state index is -3.03. The lowest BCUT2D eigenvalue weighted by molar-refractivity contribution is -0.135. The Labute approximate surface area is 135 Å². The van der Waals surface area contributed by atoms with Crippen molar-refractivity contribution < 1.29 is 17.9 Å². The Hall–Kier alpha value is -2.07. The highest BCUT2D eigenvalue weighted by Gasteiger charge is 2.42. The molecule has 2 fully saturated rings. The third-order valence-corrected chi connectivity index (χ3v) is 5.91. The Kier molecular flexibility index (Phi) is 4.26. The number of nitriles is 1. The molecule has 0 N–H and O–H groups in total. The topological polar surface area (TPSA) is 87.5 Å². The average molecular weight is 334 g/mol. The van der Waals surface area contributed by atoms with Crippen molar-refractivity contribution in [1.29, 1.82) is 5.26 Å². The summed E-state index contributed by atoms with van der Waals surface area (Å²) in [5.74, 6) is 0.488. The largest absolute Gasteiger partial charge is 0.484 e. The van der Waals surface area contributed by atoms with Crippen LogP contribution in [0.5, 0.6) is 5.75 Å². The lowest BCUT2D eigenvalue weighted by atomic mass is 10.2. The van der Waals surface area contributed by atoms with E-state index in [9.17, 15) is 13.2 Å². The fourth-order valence-corrected chi connectivity index (χ4v) is 4.64. The van der Waals surface area contributed by atoms with Crippen molar-refractivity contribution in [3.05, 3.63) is 29.8 Å². The molecule has 2 aliphatic rings. The molecule has 6 nitrogen and oxygen atoms in total. The zero-order valence-electron chi connectivity index (χ0n) is 12.6. The third-order valence-electron chi connectivity index (χ3n) is 4.16. The first-order valence-corrected chi connectivity index (χ1v) is 9.45. The third kappa shape index (κ3) is 3.82. The van der Waals surface area contributed by atoms with Crippen molar-refractivity contribution in [3.8, 4) is 11.8 Å². The summed E-state index contributed by atoms with van der Waals surface area (Å²) < 4.78 is 28.8. The van der Waals surface area contributed by atoms with E-state index in [1.165, 1.54) is 0 Å². The molecule has 0 aromatic heterocycles. The van der Waals surface area contributed by atoms with Crippen LogP contribution < -0.4 is 4.74 Å². The molecule has 7 heteroatoms. The van der Waals surface area contributed by atoms with Gasteiger partial charge in [-0.1, -0.05) is 6.07 Å². The molecule has 1 aliphatic heterocycles. The highest BCUT2D eigenvalue weighted by Crippen LogP contribution is 2.32. The molecule has 1 atom stereocenters. The summed E-state index contributed by atoms with van der Waals surface area (Å²) in [4.78, 5) is 14.2. The molecular formula is C16H18N2O4S. The van der Waals surface area contributed by atoms with Gasteiger partial charge < -0.3 is 9.64 Å². The highest BCUT2D eigenvalue weighted by atomic mass is 32.2. The van der Waals surface area contributed by atoms with Crippen LogP contribution in [0, 0.1) is 11.3 Å². The van der Waals surface area contributed by atoms with E-state index in [2.05, 4.69) is 0 Å².